The van der Waals surface area contributed by atoms with Crippen LogP contribution in [0.3, 0.4) is 0 Å². The van der Waals surface area contributed by atoms with Gasteiger partial charge in [-0.1, -0.05) is 51.9 Å². The van der Waals surface area contributed by atoms with E-state index in [1.165, 1.54) is 56.4 Å². The van der Waals surface area contributed by atoms with Crippen LogP contribution in [0.1, 0.15) is 79.0 Å². The average Bonchev–Trinajstić information content (AvgIpc) is 2.79. The highest BCUT2D eigenvalue weighted by Crippen LogP contribution is 2.26. The predicted molar refractivity (Wildman–Crippen MR) is 116 cm³/mol. The zero-order chi connectivity index (χ0) is 24.4. The lowest BCUT2D eigenvalue weighted by Gasteiger charge is -2.12. The average molecular weight is 469 g/mol. The molecule has 0 aromatic heterocycles. The molecule has 2 aromatic carbocycles. The number of aromatic carboxylic acids is 1. The van der Waals surface area contributed by atoms with Gasteiger partial charge >= 0.3 is 5.97 Å². The van der Waals surface area contributed by atoms with Crippen molar-refractivity contribution >= 4 is 17.6 Å². The summed E-state index contributed by atoms with van der Waals surface area (Å²) in [6, 6.07) is 5.85. The fourth-order valence-corrected chi connectivity index (χ4v) is 3.30. The quantitative estimate of drug-likeness (QED) is 0.148. The molecule has 0 heterocycles. The smallest absolute Gasteiger partial charge is 0.339 e. The molecule has 1 amide bonds. The Bertz CT molecular complexity index is 964. The van der Waals surface area contributed by atoms with Crippen LogP contribution >= 0.6 is 0 Å². The molecule has 2 aromatic rings. The monoisotopic (exact) mass is 469 g/mol. The highest BCUT2D eigenvalue weighted by molar-refractivity contribution is 6.11. The number of unbranched alkanes of at least 4 members (excludes halogenated alkanes) is 7. The molecule has 0 radical (unpaired) electrons. The van der Waals surface area contributed by atoms with Crippen molar-refractivity contribution in [1.82, 2.24) is 0 Å². The molecule has 2 rings (SSSR count). The Hall–Kier alpha value is -3.10. The lowest BCUT2D eigenvalue weighted by molar-refractivity contribution is 0.0684. The molecule has 0 saturated carbocycles. The second-order valence-corrected chi connectivity index (χ2v) is 7.61. The Morgan fingerprint density at radius 3 is 1.85 bits per heavy atom. The van der Waals surface area contributed by atoms with Gasteiger partial charge in [-0.2, -0.15) is 0 Å². The first-order valence-corrected chi connectivity index (χ1v) is 10.9. The topological polar surface area (TPSA) is 75.6 Å². The minimum absolute atomic E-state index is 0.0975. The van der Waals surface area contributed by atoms with Crippen LogP contribution < -0.4 is 10.1 Å². The third-order valence-electron chi connectivity index (χ3n) is 5.09. The number of halogens is 4. The number of carbonyl (C=O) groups excluding carboxylic acids is 1. The zero-order valence-electron chi connectivity index (χ0n) is 18.4. The van der Waals surface area contributed by atoms with Gasteiger partial charge in [-0.05, 0) is 30.7 Å². The lowest BCUT2D eigenvalue weighted by atomic mass is 10.0. The van der Waals surface area contributed by atoms with Crippen LogP contribution in [0.2, 0.25) is 0 Å². The number of nitrogens with one attached hydrogen (secondary N) is 1. The first-order chi connectivity index (χ1) is 15.8. The van der Waals surface area contributed by atoms with E-state index in [4.69, 9.17) is 9.84 Å². The largest absolute Gasteiger partial charge is 0.494 e. The second kappa shape index (κ2) is 12.8. The van der Waals surface area contributed by atoms with Gasteiger partial charge in [0, 0.05) is 5.69 Å². The van der Waals surface area contributed by atoms with Gasteiger partial charge in [-0.3, -0.25) is 4.79 Å². The highest BCUT2D eigenvalue weighted by Gasteiger charge is 2.32. The summed E-state index contributed by atoms with van der Waals surface area (Å²) in [7, 11) is 0. The summed E-state index contributed by atoms with van der Waals surface area (Å²) in [5.74, 6) is -11.8. The molecule has 0 aliphatic carbocycles. The molecule has 2 N–H and O–H groups in total. The van der Waals surface area contributed by atoms with E-state index in [0.717, 1.165) is 19.3 Å². The number of hydrogen-bond donors (Lipinski definition) is 2. The van der Waals surface area contributed by atoms with Gasteiger partial charge in [0.1, 0.15) is 11.3 Å². The normalized spacial score (nSPS) is 10.8. The van der Waals surface area contributed by atoms with Crippen LogP contribution in [0.15, 0.2) is 24.3 Å². The van der Waals surface area contributed by atoms with E-state index in [9.17, 15) is 27.2 Å². The van der Waals surface area contributed by atoms with Crippen LogP contribution in [-0.2, 0) is 0 Å². The molecule has 0 atom stereocenters. The summed E-state index contributed by atoms with van der Waals surface area (Å²) in [6.07, 6.45) is 9.32. The molecule has 0 aliphatic heterocycles. The molecule has 0 aliphatic rings. The number of hydrogen-bond acceptors (Lipinski definition) is 3. The van der Waals surface area contributed by atoms with Crippen LogP contribution in [0.5, 0.6) is 5.75 Å². The summed E-state index contributed by atoms with van der Waals surface area (Å²) in [6.45, 7) is 2.70. The number of benzene rings is 2. The molecular formula is C24H27F4NO4. The number of rotatable bonds is 13. The Morgan fingerprint density at radius 1 is 0.788 bits per heavy atom. The molecule has 0 saturated heterocycles. The van der Waals surface area contributed by atoms with Crippen molar-refractivity contribution in [3.05, 3.63) is 58.7 Å². The van der Waals surface area contributed by atoms with Crippen molar-refractivity contribution in [3.63, 3.8) is 0 Å². The van der Waals surface area contributed by atoms with Gasteiger partial charge in [0.15, 0.2) is 23.3 Å². The van der Waals surface area contributed by atoms with Gasteiger partial charge in [0.2, 0.25) is 0 Å². The maximum absolute atomic E-state index is 14.1. The second-order valence-electron chi connectivity index (χ2n) is 7.61. The minimum atomic E-state index is -2.31. The number of carbonyl (C=O) groups is 2. The Balaban J connectivity index is 1.92. The van der Waals surface area contributed by atoms with Crippen LogP contribution in [-0.4, -0.2) is 23.6 Å². The molecule has 0 bridgehead atoms. The SMILES string of the molecule is CCCCCCCCCCOc1ccc(NC(=O)c2c(F)c(F)c(F)c(F)c2C(=O)O)cc1. The van der Waals surface area contributed by atoms with Crippen LogP contribution in [0.25, 0.3) is 0 Å². The third kappa shape index (κ3) is 7.20. The molecule has 0 unspecified atom stereocenters. The van der Waals surface area contributed by atoms with Crippen molar-refractivity contribution in [2.24, 2.45) is 0 Å². The van der Waals surface area contributed by atoms with E-state index in [1.54, 1.807) is 0 Å². The summed E-state index contributed by atoms with van der Waals surface area (Å²) < 4.78 is 60.4. The number of amides is 1. The van der Waals surface area contributed by atoms with Gasteiger partial charge in [-0.25, -0.2) is 22.4 Å². The lowest BCUT2D eigenvalue weighted by Crippen LogP contribution is -2.22. The number of anilines is 1. The van der Waals surface area contributed by atoms with Crippen LogP contribution in [0, 0.1) is 23.3 Å². The van der Waals surface area contributed by atoms with Crippen molar-refractivity contribution in [2.45, 2.75) is 58.3 Å². The zero-order valence-corrected chi connectivity index (χ0v) is 18.4. The van der Waals surface area contributed by atoms with Gasteiger partial charge < -0.3 is 15.2 Å². The predicted octanol–water partition coefficient (Wildman–Crippen LogP) is 6.71. The summed E-state index contributed by atoms with van der Waals surface area (Å²) in [4.78, 5) is 23.5. The van der Waals surface area contributed by atoms with E-state index in [1.807, 2.05) is 0 Å². The van der Waals surface area contributed by atoms with Crippen molar-refractivity contribution < 1.29 is 37.0 Å². The van der Waals surface area contributed by atoms with Crippen molar-refractivity contribution in [2.75, 3.05) is 11.9 Å². The minimum Gasteiger partial charge on any atom is -0.494 e. The summed E-state index contributed by atoms with van der Waals surface area (Å²) in [5.41, 5.74) is -2.93. The summed E-state index contributed by atoms with van der Waals surface area (Å²) >= 11 is 0. The fraction of sp³-hybridized carbons (Fsp3) is 0.417. The number of ether oxygens (including phenoxy) is 1. The molecular weight excluding hydrogens is 442 g/mol. The Kier molecular flexibility index (Phi) is 10.2. The fourth-order valence-electron chi connectivity index (χ4n) is 3.30. The number of carboxylic acid groups (broad SMARTS) is 1. The maximum atomic E-state index is 14.1. The van der Waals surface area contributed by atoms with E-state index < -0.39 is 46.3 Å². The van der Waals surface area contributed by atoms with E-state index in [2.05, 4.69) is 12.2 Å². The third-order valence-corrected chi connectivity index (χ3v) is 5.09. The highest BCUT2D eigenvalue weighted by atomic mass is 19.2. The van der Waals surface area contributed by atoms with Gasteiger partial charge in [0.05, 0.1) is 12.2 Å². The molecule has 0 fully saturated rings. The maximum Gasteiger partial charge on any atom is 0.339 e. The molecule has 0 spiro atoms. The molecule has 180 valence electrons. The first kappa shape index (κ1) is 26.2. The molecule has 9 heteroatoms. The van der Waals surface area contributed by atoms with E-state index >= 15 is 0 Å². The first-order valence-electron chi connectivity index (χ1n) is 10.9. The van der Waals surface area contributed by atoms with E-state index in [-0.39, 0.29) is 5.69 Å². The Labute approximate surface area is 189 Å². The standard InChI is InChI=1S/C24H27F4NO4/c1-2-3-4-5-6-7-8-9-14-33-16-12-10-15(11-13-16)29-23(30)17-18(24(31)32)20(26)22(28)21(27)19(17)25/h10-13H,2-9,14H2,1H3,(H,29,30)(H,31,32). The van der Waals surface area contributed by atoms with Crippen molar-refractivity contribution in [3.8, 4) is 5.75 Å². The van der Waals surface area contributed by atoms with Crippen molar-refractivity contribution in [1.29, 1.82) is 0 Å². The molecule has 33 heavy (non-hydrogen) atoms. The molecule has 5 nitrogen and oxygen atoms in total. The van der Waals surface area contributed by atoms with Gasteiger partial charge in [-0.15, -0.1) is 0 Å². The summed E-state index contributed by atoms with van der Waals surface area (Å²) in [5, 5.41) is 11.2. The van der Waals surface area contributed by atoms with Crippen LogP contribution in [0.4, 0.5) is 23.2 Å². The number of carboxylic acids is 1. The van der Waals surface area contributed by atoms with Gasteiger partial charge in [0.25, 0.3) is 5.91 Å². The Morgan fingerprint density at radius 2 is 1.30 bits per heavy atom. The van der Waals surface area contributed by atoms with E-state index in [0.29, 0.717) is 12.4 Å².